The molecule has 1 fully saturated rings. The Bertz CT molecular complexity index is 481. The summed E-state index contributed by atoms with van der Waals surface area (Å²) in [5, 5.41) is 10.7. The molecule has 0 amide bonds. The summed E-state index contributed by atoms with van der Waals surface area (Å²) in [4.78, 5) is 4.51. The molecule has 1 unspecified atom stereocenters. The minimum atomic E-state index is -0.495. The van der Waals surface area contributed by atoms with Gasteiger partial charge >= 0.3 is 0 Å². The molecule has 0 aromatic heterocycles. The van der Waals surface area contributed by atoms with E-state index < -0.39 is 6.10 Å². The standard InChI is InChI=1S/C16H21ClN2O2/c1-2-11-21-13-14(20)12-18-7-9-19(10-8-18)16-6-4-3-5-15(16)17/h1,3-6,14,20H,7-13H2. The summed E-state index contributed by atoms with van der Waals surface area (Å²) in [6, 6.07) is 7.89. The van der Waals surface area contributed by atoms with Crippen molar-refractivity contribution < 1.29 is 9.84 Å². The van der Waals surface area contributed by atoms with Gasteiger partial charge < -0.3 is 14.7 Å². The van der Waals surface area contributed by atoms with E-state index in [1.807, 2.05) is 24.3 Å². The monoisotopic (exact) mass is 308 g/mol. The normalized spacial score (nSPS) is 17.5. The highest BCUT2D eigenvalue weighted by Gasteiger charge is 2.20. The van der Waals surface area contributed by atoms with Crippen LogP contribution in [0.5, 0.6) is 0 Å². The number of aliphatic hydroxyl groups is 1. The van der Waals surface area contributed by atoms with Gasteiger partial charge in [0.1, 0.15) is 6.61 Å². The fraction of sp³-hybridized carbons (Fsp3) is 0.500. The number of benzene rings is 1. The Hall–Kier alpha value is -1.25. The topological polar surface area (TPSA) is 35.9 Å². The number of halogens is 1. The molecule has 0 radical (unpaired) electrons. The van der Waals surface area contributed by atoms with E-state index in [1.54, 1.807) is 0 Å². The summed E-state index contributed by atoms with van der Waals surface area (Å²) in [6.45, 7) is 4.76. The van der Waals surface area contributed by atoms with E-state index in [2.05, 4.69) is 15.7 Å². The first-order chi connectivity index (χ1) is 10.2. The lowest BCUT2D eigenvalue weighted by molar-refractivity contribution is 0.0267. The predicted octanol–water partition coefficient (Wildman–Crippen LogP) is 1.47. The van der Waals surface area contributed by atoms with Crippen molar-refractivity contribution in [1.29, 1.82) is 0 Å². The Kier molecular flexibility index (Phi) is 6.34. The summed E-state index contributed by atoms with van der Waals surface area (Å²) >= 11 is 6.22. The molecule has 0 spiro atoms. The van der Waals surface area contributed by atoms with E-state index in [0.717, 1.165) is 36.9 Å². The van der Waals surface area contributed by atoms with E-state index in [9.17, 15) is 5.11 Å². The minimum Gasteiger partial charge on any atom is -0.389 e. The number of rotatable bonds is 6. The van der Waals surface area contributed by atoms with Gasteiger partial charge in [-0.05, 0) is 12.1 Å². The Balaban J connectivity index is 1.76. The summed E-state index contributed by atoms with van der Waals surface area (Å²) in [6.07, 6.45) is 4.60. The number of para-hydroxylation sites is 1. The van der Waals surface area contributed by atoms with E-state index >= 15 is 0 Å². The molecule has 5 heteroatoms. The molecule has 0 bridgehead atoms. The van der Waals surface area contributed by atoms with Gasteiger partial charge in [0.05, 0.1) is 23.4 Å². The fourth-order valence-corrected chi connectivity index (χ4v) is 2.74. The van der Waals surface area contributed by atoms with E-state index in [0.29, 0.717) is 6.54 Å². The van der Waals surface area contributed by atoms with E-state index in [1.165, 1.54) is 0 Å². The van der Waals surface area contributed by atoms with Crippen LogP contribution in [-0.4, -0.2) is 62.0 Å². The van der Waals surface area contributed by atoms with Gasteiger partial charge in [-0.2, -0.15) is 0 Å². The van der Waals surface area contributed by atoms with Crippen LogP contribution in [-0.2, 0) is 4.74 Å². The maximum atomic E-state index is 9.89. The summed E-state index contributed by atoms with van der Waals surface area (Å²) < 4.78 is 5.15. The molecule has 0 aliphatic carbocycles. The van der Waals surface area contributed by atoms with Gasteiger partial charge in [0.15, 0.2) is 0 Å². The van der Waals surface area contributed by atoms with Crippen LogP contribution in [0.4, 0.5) is 5.69 Å². The molecule has 1 aliphatic heterocycles. The third-order valence-electron chi connectivity index (χ3n) is 3.53. The summed E-state index contributed by atoms with van der Waals surface area (Å²) in [7, 11) is 0. The highest BCUT2D eigenvalue weighted by Crippen LogP contribution is 2.25. The van der Waals surface area contributed by atoms with E-state index in [4.69, 9.17) is 22.8 Å². The second-order valence-corrected chi connectivity index (χ2v) is 5.52. The van der Waals surface area contributed by atoms with Crippen molar-refractivity contribution in [3.05, 3.63) is 29.3 Å². The number of terminal acetylenes is 1. The van der Waals surface area contributed by atoms with Crippen LogP contribution in [0, 0.1) is 12.3 Å². The molecule has 1 N–H and O–H groups in total. The first-order valence-electron chi connectivity index (χ1n) is 7.12. The van der Waals surface area contributed by atoms with Crippen LogP contribution in [0.1, 0.15) is 0 Å². The number of hydrogen-bond donors (Lipinski definition) is 1. The number of piperazine rings is 1. The van der Waals surface area contributed by atoms with Gasteiger partial charge in [0.25, 0.3) is 0 Å². The molecule has 1 atom stereocenters. The second-order valence-electron chi connectivity index (χ2n) is 5.11. The zero-order valence-corrected chi connectivity index (χ0v) is 12.8. The molecule has 4 nitrogen and oxygen atoms in total. The zero-order valence-electron chi connectivity index (χ0n) is 12.0. The second kappa shape index (κ2) is 8.26. The maximum Gasteiger partial charge on any atom is 0.107 e. The third kappa shape index (κ3) is 4.90. The lowest BCUT2D eigenvalue weighted by Crippen LogP contribution is -2.49. The molecule has 1 heterocycles. The molecule has 21 heavy (non-hydrogen) atoms. The van der Waals surface area contributed by atoms with Crippen LogP contribution >= 0.6 is 11.6 Å². The first kappa shape index (κ1) is 16.1. The van der Waals surface area contributed by atoms with Crippen molar-refractivity contribution in [3.8, 4) is 12.3 Å². The van der Waals surface area contributed by atoms with Gasteiger partial charge in [-0.1, -0.05) is 29.7 Å². The molecule has 1 aliphatic rings. The van der Waals surface area contributed by atoms with Crippen molar-refractivity contribution >= 4 is 17.3 Å². The van der Waals surface area contributed by atoms with Crippen molar-refractivity contribution in [3.63, 3.8) is 0 Å². The van der Waals surface area contributed by atoms with Crippen molar-refractivity contribution in [2.45, 2.75) is 6.10 Å². The summed E-state index contributed by atoms with van der Waals surface area (Å²) in [5.41, 5.74) is 1.08. The van der Waals surface area contributed by atoms with Crippen LogP contribution in [0.2, 0.25) is 5.02 Å². The Morgan fingerprint density at radius 2 is 2.00 bits per heavy atom. The molecule has 1 aromatic rings. The van der Waals surface area contributed by atoms with Crippen LogP contribution in [0.15, 0.2) is 24.3 Å². The molecule has 2 rings (SSSR count). The summed E-state index contributed by atoms with van der Waals surface area (Å²) in [5.74, 6) is 2.39. The molecular weight excluding hydrogens is 288 g/mol. The van der Waals surface area contributed by atoms with Gasteiger partial charge in [0, 0.05) is 32.7 Å². The van der Waals surface area contributed by atoms with Gasteiger partial charge in [-0.3, -0.25) is 4.90 Å². The average Bonchev–Trinajstić information content (AvgIpc) is 2.49. The lowest BCUT2D eigenvalue weighted by atomic mass is 10.2. The SMILES string of the molecule is C#CCOCC(O)CN1CCN(c2ccccc2Cl)CC1. The van der Waals surface area contributed by atoms with Gasteiger partial charge in [-0.25, -0.2) is 0 Å². The smallest absolute Gasteiger partial charge is 0.107 e. The zero-order chi connectivity index (χ0) is 15.1. The number of ether oxygens (including phenoxy) is 1. The van der Waals surface area contributed by atoms with Crippen LogP contribution in [0.3, 0.4) is 0 Å². The van der Waals surface area contributed by atoms with Crippen LogP contribution < -0.4 is 4.90 Å². The quantitative estimate of drug-likeness (QED) is 0.638. The predicted molar refractivity (Wildman–Crippen MR) is 85.8 cm³/mol. The Morgan fingerprint density at radius 1 is 1.29 bits per heavy atom. The fourth-order valence-electron chi connectivity index (χ4n) is 2.48. The number of aliphatic hydroxyl groups excluding tert-OH is 1. The van der Waals surface area contributed by atoms with E-state index in [-0.39, 0.29) is 13.2 Å². The van der Waals surface area contributed by atoms with Crippen molar-refractivity contribution in [2.24, 2.45) is 0 Å². The molecule has 0 saturated carbocycles. The average molecular weight is 309 g/mol. The largest absolute Gasteiger partial charge is 0.389 e. The molecule has 1 aromatic carbocycles. The number of nitrogens with zero attached hydrogens (tertiary/aromatic N) is 2. The van der Waals surface area contributed by atoms with Crippen molar-refractivity contribution in [2.75, 3.05) is 50.8 Å². The highest BCUT2D eigenvalue weighted by molar-refractivity contribution is 6.33. The molecular formula is C16H21ClN2O2. The number of hydrogen-bond acceptors (Lipinski definition) is 4. The Labute approximate surface area is 131 Å². The number of β-amino-alcohol motifs (C(OH)–C–C–N with tert-alkyl or cyclic N) is 1. The van der Waals surface area contributed by atoms with Crippen molar-refractivity contribution in [1.82, 2.24) is 4.90 Å². The van der Waals surface area contributed by atoms with Gasteiger partial charge in [0.2, 0.25) is 0 Å². The lowest BCUT2D eigenvalue weighted by Gasteiger charge is -2.37. The third-order valence-corrected chi connectivity index (χ3v) is 3.85. The molecule has 1 saturated heterocycles. The Morgan fingerprint density at radius 3 is 2.67 bits per heavy atom. The van der Waals surface area contributed by atoms with Gasteiger partial charge in [-0.15, -0.1) is 6.42 Å². The highest BCUT2D eigenvalue weighted by atomic mass is 35.5. The maximum absolute atomic E-state index is 9.89. The molecule has 114 valence electrons. The minimum absolute atomic E-state index is 0.247. The van der Waals surface area contributed by atoms with Crippen LogP contribution in [0.25, 0.3) is 0 Å². The first-order valence-corrected chi connectivity index (χ1v) is 7.49. The number of anilines is 1.